The van der Waals surface area contributed by atoms with Crippen LogP contribution in [0.5, 0.6) is 5.88 Å². The van der Waals surface area contributed by atoms with Gasteiger partial charge in [-0.25, -0.2) is 14.7 Å². The summed E-state index contributed by atoms with van der Waals surface area (Å²) in [5.74, 6) is 0.484. The Morgan fingerprint density at radius 3 is 2.62 bits per heavy atom. The monoisotopic (exact) mass is 304 g/mol. The van der Waals surface area contributed by atoms with Gasteiger partial charge < -0.3 is 10.5 Å². The third-order valence-electron chi connectivity index (χ3n) is 2.44. The second-order valence-corrected chi connectivity index (χ2v) is 4.95. The Hall–Kier alpha value is -3.01. The number of primary amides is 1. The van der Waals surface area contributed by atoms with E-state index >= 15 is 0 Å². The van der Waals surface area contributed by atoms with E-state index in [1.807, 2.05) is 12.1 Å². The molecule has 0 aliphatic rings. The number of carbonyl (C=O) groups excluding carboxylic acids is 1. The molecule has 0 fully saturated rings. The number of amides is 1. The molecule has 9 nitrogen and oxygen atoms in total. The zero-order valence-electron chi connectivity index (χ0n) is 10.4. The first-order valence-corrected chi connectivity index (χ1v) is 6.50. The minimum Gasteiger partial charge on any atom is -0.390 e. The van der Waals surface area contributed by atoms with Crippen molar-refractivity contribution in [3.05, 3.63) is 34.7 Å². The van der Waals surface area contributed by atoms with E-state index in [1.165, 1.54) is 17.4 Å². The Morgan fingerprint density at radius 2 is 2.00 bits per heavy atom. The maximum absolute atomic E-state index is 11.0. The van der Waals surface area contributed by atoms with Gasteiger partial charge in [-0.2, -0.15) is 5.10 Å². The lowest BCUT2D eigenvalue weighted by Crippen LogP contribution is -2.17. The molecule has 0 saturated carbocycles. The smallest absolute Gasteiger partial charge is 0.390 e. The van der Waals surface area contributed by atoms with Gasteiger partial charge in [-0.15, -0.1) is 21.5 Å². The first-order valence-electron chi connectivity index (χ1n) is 5.68. The van der Waals surface area contributed by atoms with Crippen LogP contribution in [0.3, 0.4) is 0 Å². The molecule has 0 aromatic carbocycles. The number of nitrogens with two attached hydrogens (primary N) is 1. The normalized spacial score (nSPS) is 10.5. The lowest BCUT2D eigenvalue weighted by Gasteiger charge is -1.99. The highest BCUT2D eigenvalue weighted by molar-refractivity contribution is 7.18. The van der Waals surface area contributed by atoms with Gasteiger partial charge in [0.15, 0.2) is 5.82 Å². The molecule has 4 N–H and O–H groups in total. The molecule has 10 heteroatoms. The average Bonchev–Trinajstić information content (AvgIpc) is 3.07. The van der Waals surface area contributed by atoms with Crippen LogP contribution in [0.2, 0.25) is 0 Å². The molecular formula is C11H8N6O3S. The van der Waals surface area contributed by atoms with E-state index in [9.17, 15) is 9.59 Å². The fourth-order valence-corrected chi connectivity index (χ4v) is 2.51. The summed E-state index contributed by atoms with van der Waals surface area (Å²) >= 11 is 1.38. The lowest BCUT2D eigenvalue weighted by molar-refractivity contribution is 0.208. The van der Waals surface area contributed by atoms with Crippen LogP contribution in [-0.2, 0) is 0 Å². The summed E-state index contributed by atoms with van der Waals surface area (Å²) in [5.41, 5.74) is 5.11. The second-order valence-electron chi connectivity index (χ2n) is 3.87. The minimum atomic E-state index is -0.946. The molecule has 21 heavy (non-hydrogen) atoms. The van der Waals surface area contributed by atoms with Crippen LogP contribution in [0.1, 0.15) is 0 Å². The van der Waals surface area contributed by atoms with E-state index in [2.05, 4.69) is 30.1 Å². The maximum Gasteiger partial charge on any atom is 0.411 e. The summed E-state index contributed by atoms with van der Waals surface area (Å²) in [6.45, 7) is 0. The number of H-pyrrole nitrogens is 2. The van der Waals surface area contributed by atoms with Crippen molar-refractivity contribution < 1.29 is 9.53 Å². The molecule has 3 rings (SSSR count). The van der Waals surface area contributed by atoms with Crippen LogP contribution in [0.25, 0.3) is 21.3 Å². The minimum absolute atomic E-state index is 0.0275. The standard InChI is InChI=1S/C11H8N6O3S/c12-10(18)20-8-4-1-5(14-15-8)6-2-3-7(21-6)9-13-11(19)17-16-9/h1-4H,(H2,12,18)(H2,13,16,17,19). The largest absolute Gasteiger partial charge is 0.411 e. The van der Waals surface area contributed by atoms with E-state index in [0.717, 1.165) is 9.75 Å². The van der Waals surface area contributed by atoms with Gasteiger partial charge in [-0.1, -0.05) is 0 Å². The van der Waals surface area contributed by atoms with Gasteiger partial charge in [-0.3, -0.25) is 4.98 Å². The van der Waals surface area contributed by atoms with E-state index in [0.29, 0.717) is 11.5 Å². The average molecular weight is 304 g/mol. The fourth-order valence-electron chi connectivity index (χ4n) is 1.60. The van der Waals surface area contributed by atoms with Gasteiger partial charge in [0.05, 0.1) is 9.75 Å². The van der Waals surface area contributed by atoms with Crippen LogP contribution < -0.4 is 16.2 Å². The molecule has 106 valence electrons. The van der Waals surface area contributed by atoms with Gasteiger partial charge >= 0.3 is 11.8 Å². The maximum atomic E-state index is 11.0. The van der Waals surface area contributed by atoms with Gasteiger partial charge in [0.2, 0.25) is 5.88 Å². The van der Waals surface area contributed by atoms with Crippen molar-refractivity contribution in [3.63, 3.8) is 0 Å². The number of hydrogen-bond acceptors (Lipinski definition) is 7. The van der Waals surface area contributed by atoms with Crippen molar-refractivity contribution in [2.45, 2.75) is 0 Å². The van der Waals surface area contributed by atoms with Gasteiger partial charge in [0, 0.05) is 6.07 Å². The Kier molecular flexibility index (Phi) is 3.20. The number of aromatic nitrogens is 5. The second kappa shape index (κ2) is 5.17. The quantitative estimate of drug-likeness (QED) is 0.652. The van der Waals surface area contributed by atoms with Crippen LogP contribution >= 0.6 is 11.3 Å². The lowest BCUT2D eigenvalue weighted by atomic mass is 10.3. The molecule has 3 heterocycles. The molecular weight excluding hydrogens is 296 g/mol. The SMILES string of the molecule is NC(=O)Oc1ccc(-c2ccc(-c3n[nH]c(=O)[nH]3)s2)nn1. The van der Waals surface area contributed by atoms with E-state index < -0.39 is 6.09 Å². The summed E-state index contributed by atoms with van der Waals surface area (Å²) in [5, 5.41) is 13.8. The van der Waals surface area contributed by atoms with Crippen LogP contribution in [0, 0.1) is 0 Å². The molecule has 0 atom stereocenters. The summed E-state index contributed by atoms with van der Waals surface area (Å²) in [4.78, 5) is 25.8. The van der Waals surface area contributed by atoms with Crippen LogP contribution in [0.4, 0.5) is 4.79 Å². The Balaban J connectivity index is 1.86. The van der Waals surface area contributed by atoms with E-state index in [4.69, 9.17) is 5.73 Å². The molecule has 0 aliphatic carbocycles. The Labute approximate surface area is 120 Å². The van der Waals surface area contributed by atoms with Crippen molar-refractivity contribution in [1.29, 1.82) is 0 Å². The number of carbonyl (C=O) groups is 1. The van der Waals surface area contributed by atoms with Gasteiger partial charge in [0.25, 0.3) is 0 Å². The summed E-state index contributed by atoms with van der Waals surface area (Å²) in [6, 6.07) is 6.77. The first kappa shape index (κ1) is 13.0. The molecule has 3 aromatic heterocycles. The molecule has 0 radical (unpaired) electrons. The molecule has 0 spiro atoms. The van der Waals surface area contributed by atoms with Crippen LogP contribution in [0.15, 0.2) is 29.1 Å². The van der Waals surface area contributed by atoms with Crippen molar-refractivity contribution in [2.75, 3.05) is 0 Å². The number of aromatic amines is 2. The van der Waals surface area contributed by atoms with E-state index in [1.54, 1.807) is 6.07 Å². The van der Waals surface area contributed by atoms with Crippen molar-refractivity contribution in [3.8, 4) is 27.2 Å². The predicted molar refractivity (Wildman–Crippen MR) is 73.8 cm³/mol. The summed E-state index contributed by atoms with van der Waals surface area (Å²) in [6.07, 6.45) is -0.946. The topological polar surface area (TPSA) is 140 Å². The highest BCUT2D eigenvalue weighted by atomic mass is 32.1. The molecule has 0 bridgehead atoms. The number of hydrogen-bond donors (Lipinski definition) is 3. The number of rotatable bonds is 3. The van der Waals surface area contributed by atoms with Crippen molar-refractivity contribution in [1.82, 2.24) is 25.4 Å². The first-order chi connectivity index (χ1) is 10.1. The van der Waals surface area contributed by atoms with Gasteiger partial charge in [-0.05, 0) is 18.2 Å². The zero-order valence-corrected chi connectivity index (χ0v) is 11.2. The zero-order chi connectivity index (χ0) is 14.8. The number of ether oxygens (including phenoxy) is 1. The molecule has 0 saturated heterocycles. The van der Waals surface area contributed by atoms with Gasteiger partial charge in [0.1, 0.15) is 5.69 Å². The highest BCUT2D eigenvalue weighted by Gasteiger charge is 2.10. The van der Waals surface area contributed by atoms with Crippen molar-refractivity contribution >= 4 is 17.4 Å². The van der Waals surface area contributed by atoms with E-state index in [-0.39, 0.29) is 11.6 Å². The third kappa shape index (κ3) is 2.79. The number of nitrogens with one attached hydrogen (secondary N) is 2. The fraction of sp³-hybridized carbons (Fsp3) is 0. The summed E-state index contributed by atoms with van der Waals surface area (Å²) in [7, 11) is 0. The predicted octanol–water partition coefficient (Wildman–Crippen LogP) is 0.741. The molecule has 0 unspecified atom stereocenters. The highest BCUT2D eigenvalue weighted by Crippen LogP contribution is 2.31. The molecule has 0 aliphatic heterocycles. The number of thiophene rings is 1. The molecule has 3 aromatic rings. The number of nitrogens with zero attached hydrogens (tertiary/aromatic N) is 3. The summed E-state index contributed by atoms with van der Waals surface area (Å²) < 4.78 is 4.60. The van der Waals surface area contributed by atoms with Crippen LogP contribution in [-0.4, -0.2) is 31.5 Å². The van der Waals surface area contributed by atoms with Crippen molar-refractivity contribution in [2.24, 2.45) is 5.73 Å². The Morgan fingerprint density at radius 1 is 1.19 bits per heavy atom. The third-order valence-corrected chi connectivity index (χ3v) is 3.55. The molecule has 1 amide bonds. The Bertz CT molecular complexity index is 834.